The second-order valence-corrected chi connectivity index (χ2v) is 6.33. The molecule has 0 aliphatic carbocycles. The summed E-state index contributed by atoms with van der Waals surface area (Å²) in [4.78, 5) is 4.46. The number of aryl methyl sites for hydroxylation is 1. The van der Waals surface area contributed by atoms with Crippen molar-refractivity contribution in [2.75, 3.05) is 17.2 Å². The molecule has 0 spiro atoms. The molecule has 2 N–H and O–H groups in total. The summed E-state index contributed by atoms with van der Waals surface area (Å²) >= 11 is 15.9. The lowest BCUT2D eigenvalue weighted by Gasteiger charge is -2.12. The molecule has 0 amide bonds. The summed E-state index contributed by atoms with van der Waals surface area (Å²) in [5.74, 6) is 1.21. The number of pyridine rings is 1. The zero-order valence-corrected chi connectivity index (χ0v) is 14.9. The fraction of sp³-hybridized carbons (Fsp3) is 0.267. The number of nitrogens with one attached hydrogen (secondary N) is 2. The molecule has 1 heterocycles. The van der Waals surface area contributed by atoms with Gasteiger partial charge in [0.05, 0.1) is 10.0 Å². The van der Waals surface area contributed by atoms with E-state index in [1.807, 2.05) is 25.1 Å². The number of aromatic nitrogens is 1. The number of benzene rings is 1. The smallest absolute Gasteiger partial charge is 0.151 e. The summed E-state index contributed by atoms with van der Waals surface area (Å²) in [6.45, 7) is 4.93. The van der Waals surface area contributed by atoms with E-state index in [1.54, 1.807) is 6.07 Å². The molecule has 0 radical (unpaired) electrons. The molecule has 0 fully saturated rings. The Labute approximate surface area is 143 Å². The Balaban J connectivity index is 2.28. The lowest BCUT2D eigenvalue weighted by atomic mass is 10.2. The Morgan fingerprint density at radius 3 is 2.52 bits per heavy atom. The highest BCUT2D eigenvalue weighted by molar-refractivity contribution is 9.10. The van der Waals surface area contributed by atoms with Crippen LogP contribution in [0, 0.1) is 6.92 Å². The molecule has 3 nitrogen and oxygen atoms in total. The van der Waals surface area contributed by atoms with Gasteiger partial charge in [-0.2, -0.15) is 0 Å². The molecule has 0 atom stereocenters. The number of hydrogen-bond donors (Lipinski definition) is 2. The van der Waals surface area contributed by atoms with Crippen molar-refractivity contribution in [3.05, 3.63) is 44.3 Å². The number of anilines is 3. The van der Waals surface area contributed by atoms with Gasteiger partial charge in [-0.25, -0.2) is 4.98 Å². The maximum Gasteiger partial charge on any atom is 0.151 e. The Hall–Kier alpha value is -0.970. The molecule has 1 aromatic heterocycles. The van der Waals surface area contributed by atoms with E-state index in [1.165, 1.54) is 5.56 Å². The fourth-order valence-electron chi connectivity index (χ4n) is 1.73. The molecule has 2 aromatic rings. The molecule has 0 saturated carbocycles. The minimum atomic E-state index is 0.485. The molecule has 0 bridgehead atoms. The number of hydrogen-bond acceptors (Lipinski definition) is 3. The van der Waals surface area contributed by atoms with E-state index in [0.717, 1.165) is 23.1 Å². The highest BCUT2D eigenvalue weighted by Gasteiger charge is 2.10. The van der Waals surface area contributed by atoms with E-state index in [0.29, 0.717) is 21.7 Å². The van der Waals surface area contributed by atoms with Gasteiger partial charge in [-0.3, -0.25) is 0 Å². The quantitative estimate of drug-likeness (QED) is 0.656. The van der Waals surface area contributed by atoms with E-state index in [2.05, 4.69) is 38.5 Å². The minimum absolute atomic E-state index is 0.485. The van der Waals surface area contributed by atoms with E-state index in [9.17, 15) is 0 Å². The van der Waals surface area contributed by atoms with Crippen molar-refractivity contribution < 1.29 is 0 Å². The zero-order valence-electron chi connectivity index (χ0n) is 11.8. The van der Waals surface area contributed by atoms with E-state index >= 15 is 0 Å². The third-order valence-corrected chi connectivity index (χ3v) is 4.34. The summed E-state index contributed by atoms with van der Waals surface area (Å²) < 4.78 is 1.03. The predicted octanol–water partition coefficient (Wildman–Crippen LogP) is 6.02. The van der Waals surface area contributed by atoms with Crippen molar-refractivity contribution in [1.29, 1.82) is 0 Å². The van der Waals surface area contributed by atoms with Crippen LogP contribution in [0.3, 0.4) is 0 Å². The largest absolute Gasteiger partial charge is 0.369 e. The Kier molecular flexibility index (Phi) is 5.73. The van der Waals surface area contributed by atoms with Crippen molar-refractivity contribution in [1.82, 2.24) is 4.98 Å². The van der Waals surface area contributed by atoms with Crippen molar-refractivity contribution in [2.24, 2.45) is 0 Å². The topological polar surface area (TPSA) is 37.0 Å². The molecule has 6 heteroatoms. The van der Waals surface area contributed by atoms with Crippen LogP contribution in [0.4, 0.5) is 17.3 Å². The highest BCUT2D eigenvalue weighted by Crippen LogP contribution is 2.32. The van der Waals surface area contributed by atoms with Gasteiger partial charge >= 0.3 is 0 Å². The van der Waals surface area contributed by atoms with Gasteiger partial charge in [-0.15, -0.1) is 0 Å². The van der Waals surface area contributed by atoms with E-state index in [-0.39, 0.29) is 0 Å². The SMILES string of the molecule is CCCNc1nc(Nc2ccc(C)c(Br)c2)c(Cl)cc1Cl. The van der Waals surface area contributed by atoms with E-state index in [4.69, 9.17) is 23.2 Å². The lowest BCUT2D eigenvalue weighted by molar-refractivity contribution is 0.970. The summed E-state index contributed by atoms with van der Waals surface area (Å²) in [5, 5.41) is 7.40. The first-order chi connectivity index (χ1) is 10.0. The van der Waals surface area contributed by atoms with Crippen LogP contribution in [0.1, 0.15) is 18.9 Å². The van der Waals surface area contributed by atoms with Crippen LogP contribution in [-0.2, 0) is 0 Å². The van der Waals surface area contributed by atoms with Crippen LogP contribution >= 0.6 is 39.1 Å². The van der Waals surface area contributed by atoms with Gasteiger partial charge in [0.1, 0.15) is 5.82 Å². The second-order valence-electron chi connectivity index (χ2n) is 4.66. The number of rotatable bonds is 5. The molecule has 112 valence electrons. The van der Waals surface area contributed by atoms with Crippen molar-refractivity contribution >= 4 is 56.5 Å². The monoisotopic (exact) mass is 387 g/mol. The Morgan fingerprint density at radius 2 is 1.86 bits per heavy atom. The van der Waals surface area contributed by atoms with Crippen LogP contribution in [0.2, 0.25) is 10.0 Å². The summed E-state index contributed by atoms with van der Waals surface area (Å²) in [5.41, 5.74) is 2.08. The molecule has 2 rings (SSSR count). The lowest BCUT2D eigenvalue weighted by Crippen LogP contribution is -2.05. The average molecular weight is 389 g/mol. The molecule has 0 unspecified atom stereocenters. The van der Waals surface area contributed by atoms with Gasteiger partial charge in [-0.05, 0) is 37.1 Å². The first-order valence-electron chi connectivity index (χ1n) is 6.64. The van der Waals surface area contributed by atoms with Gasteiger partial charge in [0.15, 0.2) is 5.82 Å². The first-order valence-corrected chi connectivity index (χ1v) is 8.19. The maximum absolute atomic E-state index is 6.21. The molecule has 0 saturated heterocycles. The summed E-state index contributed by atoms with van der Waals surface area (Å²) in [7, 11) is 0. The molecule has 0 aliphatic heterocycles. The van der Waals surface area contributed by atoms with Gasteiger partial charge in [0.25, 0.3) is 0 Å². The van der Waals surface area contributed by atoms with Gasteiger partial charge < -0.3 is 10.6 Å². The molecule has 21 heavy (non-hydrogen) atoms. The third kappa shape index (κ3) is 4.25. The van der Waals surface area contributed by atoms with Crippen LogP contribution in [0.15, 0.2) is 28.7 Å². The molecular weight excluding hydrogens is 373 g/mol. The van der Waals surface area contributed by atoms with Crippen LogP contribution in [0.5, 0.6) is 0 Å². The van der Waals surface area contributed by atoms with Crippen LogP contribution < -0.4 is 10.6 Å². The number of halogens is 3. The zero-order chi connectivity index (χ0) is 15.4. The fourth-order valence-corrected chi connectivity index (χ4v) is 2.58. The average Bonchev–Trinajstić information content (AvgIpc) is 2.44. The van der Waals surface area contributed by atoms with Crippen LogP contribution in [0.25, 0.3) is 0 Å². The summed E-state index contributed by atoms with van der Waals surface area (Å²) in [6.07, 6.45) is 0.994. The van der Waals surface area contributed by atoms with Crippen molar-refractivity contribution in [2.45, 2.75) is 20.3 Å². The normalized spacial score (nSPS) is 10.5. The molecular formula is C15H16BrCl2N3. The standard InChI is InChI=1S/C15H16BrCl2N3/c1-3-6-19-14-12(17)8-13(18)15(21-14)20-10-5-4-9(2)11(16)7-10/h4-5,7-8H,3,6H2,1-2H3,(H2,19,20,21). The Morgan fingerprint density at radius 1 is 1.14 bits per heavy atom. The number of nitrogens with zero attached hydrogens (tertiary/aromatic N) is 1. The Bertz CT molecular complexity index is 647. The molecule has 1 aromatic carbocycles. The summed E-state index contributed by atoms with van der Waals surface area (Å²) in [6, 6.07) is 7.68. The van der Waals surface area contributed by atoms with Crippen molar-refractivity contribution in [3.8, 4) is 0 Å². The van der Waals surface area contributed by atoms with Gasteiger partial charge in [-0.1, -0.05) is 52.1 Å². The third-order valence-electron chi connectivity index (χ3n) is 2.91. The van der Waals surface area contributed by atoms with Crippen LogP contribution in [-0.4, -0.2) is 11.5 Å². The predicted molar refractivity (Wildman–Crippen MR) is 95.2 cm³/mol. The van der Waals surface area contributed by atoms with E-state index < -0.39 is 0 Å². The first kappa shape index (κ1) is 16.4. The highest BCUT2D eigenvalue weighted by atomic mass is 79.9. The minimum Gasteiger partial charge on any atom is -0.369 e. The maximum atomic E-state index is 6.21. The molecule has 0 aliphatic rings. The van der Waals surface area contributed by atoms with Crippen molar-refractivity contribution in [3.63, 3.8) is 0 Å². The van der Waals surface area contributed by atoms with Gasteiger partial charge in [0.2, 0.25) is 0 Å². The van der Waals surface area contributed by atoms with Gasteiger partial charge in [0, 0.05) is 16.7 Å². The second kappa shape index (κ2) is 7.34.